The van der Waals surface area contributed by atoms with E-state index in [1.807, 2.05) is 0 Å². The maximum absolute atomic E-state index is 12.1. The summed E-state index contributed by atoms with van der Waals surface area (Å²) in [6.45, 7) is 0. The van der Waals surface area contributed by atoms with E-state index in [0.29, 0.717) is 5.56 Å². The average molecular weight is 244 g/mol. The number of rotatable bonds is 2. The molecule has 0 fully saturated rings. The van der Waals surface area contributed by atoms with Crippen LogP contribution in [0.2, 0.25) is 0 Å². The van der Waals surface area contributed by atoms with Crippen LogP contribution in [-0.2, 0) is 0 Å². The third-order valence-electron chi connectivity index (χ3n) is 2.63. The number of anilines is 2. The molecule has 0 aromatic heterocycles. The smallest absolute Gasteiger partial charge is 0.196 e. The average Bonchev–Trinajstić information content (AvgIpc) is 2.41. The number of nitrogens with two attached hydrogens (primary N) is 2. The second-order valence-electron chi connectivity index (χ2n) is 3.82. The summed E-state index contributed by atoms with van der Waals surface area (Å²) in [4.78, 5) is 12.1. The molecule has 0 aliphatic carbocycles. The molecule has 0 spiro atoms. The van der Waals surface area contributed by atoms with Gasteiger partial charge in [-0.1, -0.05) is 30.3 Å². The zero-order valence-corrected chi connectivity index (χ0v) is 9.42. The van der Waals surface area contributed by atoms with Gasteiger partial charge in [0.25, 0.3) is 0 Å². The number of hydrogen-bond donors (Lipinski definition) is 4. The number of benzene rings is 2. The Morgan fingerprint density at radius 2 is 1.61 bits per heavy atom. The minimum Gasteiger partial charge on any atom is -0.504 e. The summed E-state index contributed by atoms with van der Waals surface area (Å²) in [5.41, 5.74) is 11.2. The lowest BCUT2D eigenvalue weighted by Gasteiger charge is -2.10. The number of ketones is 1. The van der Waals surface area contributed by atoms with E-state index < -0.39 is 17.3 Å². The Hall–Kier alpha value is -2.69. The number of nitrogen functional groups attached to an aromatic ring is 2. The first-order valence-corrected chi connectivity index (χ1v) is 5.22. The molecule has 0 aliphatic heterocycles. The van der Waals surface area contributed by atoms with Gasteiger partial charge in [-0.15, -0.1) is 0 Å². The number of hydrogen-bond acceptors (Lipinski definition) is 5. The van der Waals surface area contributed by atoms with Crippen LogP contribution < -0.4 is 11.5 Å². The molecule has 5 heteroatoms. The molecule has 0 bridgehead atoms. The molecular weight excluding hydrogens is 232 g/mol. The van der Waals surface area contributed by atoms with Crippen molar-refractivity contribution in [2.24, 2.45) is 0 Å². The molecule has 0 heterocycles. The lowest BCUT2D eigenvalue weighted by molar-refractivity contribution is 0.103. The van der Waals surface area contributed by atoms with E-state index in [1.165, 1.54) is 6.07 Å². The number of phenolic OH excluding ortho intramolecular Hbond substituents is 2. The molecule has 6 N–H and O–H groups in total. The van der Waals surface area contributed by atoms with E-state index in [0.717, 1.165) is 0 Å². The maximum Gasteiger partial charge on any atom is 0.196 e. The molecule has 18 heavy (non-hydrogen) atoms. The normalized spacial score (nSPS) is 10.2. The van der Waals surface area contributed by atoms with Crippen LogP contribution in [0.5, 0.6) is 11.5 Å². The van der Waals surface area contributed by atoms with Crippen LogP contribution in [0.15, 0.2) is 36.4 Å². The quantitative estimate of drug-likeness (QED) is 0.277. The molecule has 2 aromatic carbocycles. The second-order valence-corrected chi connectivity index (χ2v) is 3.82. The highest BCUT2D eigenvalue weighted by molar-refractivity contribution is 6.12. The summed E-state index contributed by atoms with van der Waals surface area (Å²) < 4.78 is 0. The van der Waals surface area contributed by atoms with Gasteiger partial charge >= 0.3 is 0 Å². The maximum atomic E-state index is 12.1. The molecule has 92 valence electrons. The molecule has 2 rings (SSSR count). The predicted molar refractivity (Wildman–Crippen MR) is 68.5 cm³/mol. The van der Waals surface area contributed by atoms with Crippen LogP contribution in [0, 0.1) is 0 Å². The fraction of sp³-hybridized carbons (Fsp3) is 0. The van der Waals surface area contributed by atoms with E-state index in [-0.39, 0.29) is 16.9 Å². The zero-order chi connectivity index (χ0) is 13.3. The number of carbonyl (C=O) groups excluding carboxylic acids is 1. The molecule has 5 nitrogen and oxygen atoms in total. The van der Waals surface area contributed by atoms with E-state index in [9.17, 15) is 15.0 Å². The van der Waals surface area contributed by atoms with Crippen molar-refractivity contribution >= 4 is 17.2 Å². The molecule has 0 atom stereocenters. The highest BCUT2D eigenvalue weighted by Gasteiger charge is 2.19. The molecule has 0 saturated carbocycles. The third-order valence-corrected chi connectivity index (χ3v) is 2.63. The van der Waals surface area contributed by atoms with Crippen molar-refractivity contribution in [1.29, 1.82) is 0 Å². The van der Waals surface area contributed by atoms with Crippen LogP contribution in [-0.4, -0.2) is 16.0 Å². The van der Waals surface area contributed by atoms with Crippen LogP contribution in [0.3, 0.4) is 0 Å². The highest BCUT2D eigenvalue weighted by atomic mass is 16.3. The summed E-state index contributed by atoms with van der Waals surface area (Å²) in [7, 11) is 0. The van der Waals surface area contributed by atoms with Crippen molar-refractivity contribution in [2.45, 2.75) is 0 Å². The van der Waals surface area contributed by atoms with Crippen molar-refractivity contribution in [3.8, 4) is 11.5 Å². The monoisotopic (exact) mass is 244 g/mol. The summed E-state index contributed by atoms with van der Waals surface area (Å²) in [6.07, 6.45) is 0. The van der Waals surface area contributed by atoms with Gasteiger partial charge in [-0.2, -0.15) is 0 Å². The van der Waals surface area contributed by atoms with E-state index in [1.54, 1.807) is 30.3 Å². The van der Waals surface area contributed by atoms with Gasteiger partial charge in [0.2, 0.25) is 0 Å². The molecule has 0 unspecified atom stereocenters. The van der Waals surface area contributed by atoms with Crippen LogP contribution in [0.1, 0.15) is 15.9 Å². The summed E-state index contributed by atoms with van der Waals surface area (Å²) in [5, 5.41) is 19.3. The SMILES string of the molecule is Nc1cc(C(=O)c2ccccc2)c(O)c(O)c1N. The molecule has 0 saturated heterocycles. The number of aromatic hydroxyl groups is 2. The third kappa shape index (κ3) is 1.82. The molecular formula is C13H12N2O3. The fourth-order valence-corrected chi connectivity index (χ4v) is 1.61. The Balaban J connectivity index is 2.56. The van der Waals surface area contributed by atoms with Gasteiger partial charge in [0, 0.05) is 5.56 Å². The van der Waals surface area contributed by atoms with Gasteiger partial charge in [-0.25, -0.2) is 0 Å². The molecule has 0 radical (unpaired) electrons. The Kier molecular flexibility index (Phi) is 2.81. The van der Waals surface area contributed by atoms with Gasteiger partial charge < -0.3 is 21.7 Å². The lowest BCUT2D eigenvalue weighted by atomic mass is 10.0. The number of carbonyl (C=O) groups is 1. The van der Waals surface area contributed by atoms with Crippen molar-refractivity contribution in [1.82, 2.24) is 0 Å². The van der Waals surface area contributed by atoms with Crippen molar-refractivity contribution in [2.75, 3.05) is 11.5 Å². The second kappa shape index (κ2) is 4.29. The fourth-order valence-electron chi connectivity index (χ4n) is 1.61. The summed E-state index contributed by atoms with van der Waals surface area (Å²) in [5.74, 6) is -1.57. The van der Waals surface area contributed by atoms with Crippen molar-refractivity contribution < 1.29 is 15.0 Å². The topological polar surface area (TPSA) is 110 Å². The molecule has 0 aliphatic rings. The van der Waals surface area contributed by atoms with E-state index >= 15 is 0 Å². The summed E-state index contributed by atoms with van der Waals surface area (Å²) >= 11 is 0. The first-order valence-electron chi connectivity index (χ1n) is 5.22. The Morgan fingerprint density at radius 3 is 2.22 bits per heavy atom. The van der Waals surface area contributed by atoms with E-state index in [2.05, 4.69) is 0 Å². The van der Waals surface area contributed by atoms with Gasteiger partial charge in [-0.3, -0.25) is 4.79 Å². The Labute approximate surface area is 103 Å². The van der Waals surface area contributed by atoms with Crippen LogP contribution >= 0.6 is 0 Å². The van der Waals surface area contributed by atoms with Crippen molar-refractivity contribution in [3.05, 3.63) is 47.5 Å². The largest absolute Gasteiger partial charge is 0.504 e. The first kappa shape index (κ1) is 11.8. The van der Waals surface area contributed by atoms with Gasteiger partial charge in [0.1, 0.15) is 5.69 Å². The number of phenols is 2. The summed E-state index contributed by atoms with van der Waals surface area (Å²) in [6, 6.07) is 9.62. The van der Waals surface area contributed by atoms with Gasteiger partial charge in [-0.05, 0) is 6.07 Å². The lowest BCUT2D eigenvalue weighted by Crippen LogP contribution is -2.05. The predicted octanol–water partition coefficient (Wildman–Crippen LogP) is 1.49. The van der Waals surface area contributed by atoms with E-state index in [4.69, 9.17) is 11.5 Å². The zero-order valence-electron chi connectivity index (χ0n) is 9.42. The van der Waals surface area contributed by atoms with Crippen LogP contribution in [0.25, 0.3) is 0 Å². The minimum atomic E-state index is -0.575. The highest BCUT2D eigenvalue weighted by Crippen LogP contribution is 2.39. The molecule has 2 aromatic rings. The van der Waals surface area contributed by atoms with Crippen molar-refractivity contribution in [3.63, 3.8) is 0 Å². The Bertz CT molecular complexity index is 609. The standard InChI is InChI=1S/C13H12N2O3/c14-9-6-8(12(17)13(18)10(9)15)11(16)7-4-2-1-3-5-7/h1-6,17-18H,14-15H2. The van der Waals surface area contributed by atoms with Crippen LogP contribution in [0.4, 0.5) is 11.4 Å². The van der Waals surface area contributed by atoms with Gasteiger partial charge in [0.15, 0.2) is 17.3 Å². The molecule has 0 amide bonds. The minimum absolute atomic E-state index is 0.0459. The first-order chi connectivity index (χ1) is 8.52. The van der Waals surface area contributed by atoms with Gasteiger partial charge in [0.05, 0.1) is 11.3 Å². The Morgan fingerprint density at radius 1 is 1.00 bits per heavy atom.